The third kappa shape index (κ3) is 6.31. The minimum atomic E-state index is -0.285. The molecule has 37 heavy (non-hydrogen) atoms. The van der Waals surface area contributed by atoms with Crippen molar-refractivity contribution in [2.45, 2.75) is 6.92 Å². The number of ether oxygens (including phenoxy) is 3. The van der Waals surface area contributed by atoms with Crippen LogP contribution in [0.2, 0.25) is 0 Å². The van der Waals surface area contributed by atoms with Gasteiger partial charge in [0.15, 0.2) is 5.17 Å². The van der Waals surface area contributed by atoms with Crippen LogP contribution in [0.4, 0.5) is 11.4 Å². The zero-order valence-electron chi connectivity index (χ0n) is 20.8. The van der Waals surface area contributed by atoms with Gasteiger partial charge in [-0.15, -0.1) is 0 Å². The number of methoxy groups -OCH3 is 2. The summed E-state index contributed by atoms with van der Waals surface area (Å²) in [5.74, 6) is 1.51. The first-order chi connectivity index (χ1) is 18.0. The molecule has 0 aromatic heterocycles. The summed E-state index contributed by atoms with van der Waals surface area (Å²) in [6.45, 7) is 2.45. The Morgan fingerprint density at radius 1 is 0.973 bits per heavy atom. The second-order valence-corrected chi connectivity index (χ2v) is 8.74. The summed E-state index contributed by atoms with van der Waals surface area (Å²) in [4.78, 5) is 32.2. The van der Waals surface area contributed by atoms with E-state index in [1.54, 1.807) is 56.7 Å². The topological polar surface area (TPSA) is 89.5 Å². The summed E-state index contributed by atoms with van der Waals surface area (Å²) >= 11 is 1.18. The lowest BCUT2D eigenvalue weighted by molar-refractivity contribution is -0.114. The van der Waals surface area contributed by atoms with Crippen molar-refractivity contribution in [3.63, 3.8) is 0 Å². The van der Waals surface area contributed by atoms with Crippen LogP contribution < -0.4 is 24.4 Å². The standard InChI is InChI=1S/C28H27N3O5S/c1-4-36-22-15-11-20(12-16-22)31-27(33)24(17-19-9-13-21(34-2)14-10-19)30-28(31)37-18-26(32)29-23-7-5-6-8-25(23)35-3/h5-17H,4,18H2,1-3H3,(H,29,32)/b24-17+. The molecule has 0 saturated carbocycles. The average Bonchev–Trinajstić information content (AvgIpc) is 3.23. The molecular formula is C28H27N3O5S. The van der Waals surface area contributed by atoms with Crippen LogP contribution in [-0.4, -0.2) is 43.6 Å². The quantitative estimate of drug-likeness (QED) is 0.392. The van der Waals surface area contributed by atoms with E-state index in [2.05, 4.69) is 10.3 Å². The SMILES string of the molecule is CCOc1ccc(N2C(=O)/C(=C\c3ccc(OC)cc3)N=C2SCC(=O)Nc2ccccc2OC)cc1. The number of para-hydroxylation sites is 2. The maximum absolute atomic E-state index is 13.4. The van der Waals surface area contributed by atoms with E-state index in [9.17, 15) is 9.59 Å². The molecule has 0 unspecified atom stereocenters. The van der Waals surface area contributed by atoms with Gasteiger partial charge in [-0.2, -0.15) is 0 Å². The summed E-state index contributed by atoms with van der Waals surface area (Å²) in [5.41, 5.74) is 2.28. The lowest BCUT2D eigenvalue weighted by atomic mass is 10.2. The maximum atomic E-state index is 13.4. The van der Waals surface area contributed by atoms with Crippen molar-refractivity contribution >= 4 is 46.2 Å². The number of hydrogen-bond acceptors (Lipinski definition) is 7. The Morgan fingerprint density at radius 3 is 2.35 bits per heavy atom. The zero-order chi connectivity index (χ0) is 26.2. The highest BCUT2D eigenvalue weighted by Gasteiger charge is 2.32. The molecule has 1 aliphatic rings. The van der Waals surface area contributed by atoms with Crippen LogP contribution in [0.5, 0.6) is 17.2 Å². The molecule has 0 spiro atoms. The van der Waals surface area contributed by atoms with E-state index in [-0.39, 0.29) is 23.3 Å². The van der Waals surface area contributed by atoms with E-state index in [1.807, 2.05) is 43.3 Å². The van der Waals surface area contributed by atoms with Gasteiger partial charge in [-0.1, -0.05) is 36.0 Å². The van der Waals surface area contributed by atoms with Crippen molar-refractivity contribution in [2.24, 2.45) is 4.99 Å². The molecule has 9 heteroatoms. The largest absolute Gasteiger partial charge is 0.497 e. The fraction of sp³-hybridized carbons (Fsp3) is 0.179. The molecule has 4 rings (SSSR count). The molecule has 8 nitrogen and oxygen atoms in total. The van der Waals surface area contributed by atoms with Gasteiger partial charge in [-0.3, -0.25) is 14.5 Å². The van der Waals surface area contributed by atoms with Crippen molar-refractivity contribution in [2.75, 3.05) is 36.8 Å². The third-order valence-electron chi connectivity index (χ3n) is 5.37. The number of aliphatic imine (C=N–C) groups is 1. The Hall–Kier alpha value is -4.24. The number of nitrogens with zero attached hydrogens (tertiary/aromatic N) is 2. The fourth-order valence-corrected chi connectivity index (χ4v) is 4.41. The predicted molar refractivity (Wildman–Crippen MR) is 148 cm³/mol. The molecule has 0 bridgehead atoms. The number of carbonyl (C=O) groups is 2. The van der Waals surface area contributed by atoms with Crippen LogP contribution in [0.25, 0.3) is 6.08 Å². The molecule has 0 fully saturated rings. The molecule has 3 aromatic rings. The van der Waals surface area contributed by atoms with Crippen LogP contribution in [0.1, 0.15) is 12.5 Å². The van der Waals surface area contributed by atoms with Crippen LogP contribution in [-0.2, 0) is 9.59 Å². The molecule has 1 aliphatic heterocycles. The smallest absolute Gasteiger partial charge is 0.283 e. The number of amides is 2. The van der Waals surface area contributed by atoms with Crippen LogP contribution in [0.3, 0.4) is 0 Å². The molecule has 0 radical (unpaired) electrons. The summed E-state index contributed by atoms with van der Waals surface area (Å²) in [6.07, 6.45) is 1.71. The molecule has 0 atom stereocenters. The highest BCUT2D eigenvalue weighted by Crippen LogP contribution is 2.31. The highest BCUT2D eigenvalue weighted by atomic mass is 32.2. The fourth-order valence-electron chi connectivity index (χ4n) is 3.60. The molecule has 2 amide bonds. The second kappa shape index (κ2) is 12.1. The number of nitrogens with one attached hydrogen (secondary N) is 1. The average molecular weight is 518 g/mol. The number of rotatable bonds is 9. The van der Waals surface area contributed by atoms with Crippen molar-refractivity contribution < 1.29 is 23.8 Å². The van der Waals surface area contributed by atoms with E-state index in [0.717, 1.165) is 11.3 Å². The minimum absolute atomic E-state index is 0.0491. The van der Waals surface area contributed by atoms with Gasteiger partial charge in [0.1, 0.15) is 22.9 Å². The summed E-state index contributed by atoms with van der Waals surface area (Å²) in [6, 6.07) is 21.7. The lowest BCUT2D eigenvalue weighted by Crippen LogP contribution is -2.31. The van der Waals surface area contributed by atoms with Gasteiger partial charge >= 0.3 is 0 Å². The van der Waals surface area contributed by atoms with Gasteiger partial charge < -0.3 is 19.5 Å². The second-order valence-electron chi connectivity index (χ2n) is 7.80. The normalized spacial score (nSPS) is 13.9. The number of hydrogen-bond donors (Lipinski definition) is 1. The molecular weight excluding hydrogens is 490 g/mol. The first-order valence-electron chi connectivity index (χ1n) is 11.6. The molecule has 190 valence electrons. The molecule has 1 N–H and O–H groups in total. The van der Waals surface area contributed by atoms with Crippen molar-refractivity contribution in [3.8, 4) is 17.2 Å². The molecule has 3 aromatic carbocycles. The first kappa shape index (κ1) is 25.8. The number of amidine groups is 1. The van der Waals surface area contributed by atoms with Crippen molar-refractivity contribution in [3.05, 3.63) is 84.1 Å². The van der Waals surface area contributed by atoms with Gasteiger partial charge in [0.2, 0.25) is 5.91 Å². The Labute approximate surface area is 219 Å². The van der Waals surface area contributed by atoms with Crippen LogP contribution >= 0.6 is 11.8 Å². The Kier molecular flexibility index (Phi) is 8.48. The minimum Gasteiger partial charge on any atom is -0.497 e. The van der Waals surface area contributed by atoms with Gasteiger partial charge in [0, 0.05) is 0 Å². The first-order valence-corrected chi connectivity index (χ1v) is 12.6. The van der Waals surface area contributed by atoms with Gasteiger partial charge in [-0.05, 0) is 67.1 Å². The van der Waals surface area contributed by atoms with Gasteiger partial charge in [-0.25, -0.2) is 4.99 Å². The van der Waals surface area contributed by atoms with Crippen LogP contribution in [0, 0.1) is 0 Å². The number of thioether (sulfide) groups is 1. The summed E-state index contributed by atoms with van der Waals surface area (Å²) in [5, 5.41) is 3.25. The Balaban J connectivity index is 1.57. The highest BCUT2D eigenvalue weighted by molar-refractivity contribution is 8.14. The van der Waals surface area contributed by atoms with E-state index < -0.39 is 0 Å². The summed E-state index contributed by atoms with van der Waals surface area (Å²) < 4.78 is 16.0. The molecule has 0 aliphatic carbocycles. The van der Waals surface area contributed by atoms with Gasteiger partial charge in [0.05, 0.1) is 38.0 Å². The monoisotopic (exact) mass is 517 g/mol. The predicted octanol–water partition coefficient (Wildman–Crippen LogP) is 5.22. The molecule has 0 saturated heterocycles. The third-order valence-corrected chi connectivity index (χ3v) is 6.31. The maximum Gasteiger partial charge on any atom is 0.283 e. The Morgan fingerprint density at radius 2 is 1.68 bits per heavy atom. The van der Waals surface area contributed by atoms with E-state index >= 15 is 0 Å². The van der Waals surface area contributed by atoms with Crippen molar-refractivity contribution in [1.82, 2.24) is 0 Å². The van der Waals surface area contributed by atoms with Crippen LogP contribution in [0.15, 0.2) is 83.5 Å². The lowest BCUT2D eigenvalue weighted by Gasteiger charge is -2.18. The summed E-state index contributed by atoms with van der Waals surface area (Å²) in [7, 11) is 3.14. The zero-order valence-corrected chi connectivity index (χ0v) is 21.6. The number of anilines is 2. The van der Waals surface area contributed by atoms with E-state index in [4.69, 9.17) is 14.2 Å². The van der Waals surface area contributed by atoms with Gasteiger partial charge in [0.25, 0.3) is 5.91 Å². The Bertz CT molecular complexity index is 1320. The van der Waals surface area contributed by atoms with Crippen molar-refractivity contribution in [1.29, 1.82) is 0 Å². The number of benzene rings is 3. The van der Waals surface area contributed by atoms with E-state index in [0.29, 0.717) is 34.6 Å². The van der Waals surface area contributed by atoms with E-state index in [1.165, 1.54) is 16.7 Å². The number of carbonyl (C=O) groups excluding carboxylic acids is 2. The molecule has 1 heterocycles.